The minimum absolute atomic E-state index is 0.0590. The minimum atomic E-state index is -2.89. The maximum absolute atomic E-state index is 11.3. The molecule has 0 spiro atoms. The van der Waals surface area contributed by atoms with Gasteiger partial charge in [-0.1, -0.05) is 26.0 Å². The number of ether oxygens (including phenoxy) is 1. The molecule has 0 bridgehead atoms. The quantitative estimate of drug-likeness (QED) is 0.744. The van der Waals surface area contributed by atoms with Crippen molar-refractivity contribution >= 4 is 9.84 Å². The summed E-state index contributed by atoms with van der Waals surface area (Å²) in [5.74, 6) is 1.12. The van der Waals surface area contributed by atoms with Gasteiger partial charge in [0.15, 0.2) is 0 Å². The molecule has 1 aromatic rings. The number of sulfone groups is 1. The van der Waals surface area contributed by atoms with Gasteiger partial charge in [0, 0.05) is 11.8 Å². The maximum Gasteiger partial charge on any atom is 0.150 e. The highest BCUT2D eigenvalue weighted by Gasteiger charge is 2.07. The second-order valence-corrected chi connectivity index (χ2v) is 6.99. The molecule has 0 aliphatic heterocycles. The number of hydrogen-bond donors (Lipinski definition) is 1. The van der Waals surface area contributed by atoms with Crippen LogP contribution < -0.4 is 10.5 Å². The molecule has 0 aliphatic rings. The third kappa shape index (κ3) is 5.61. The Hall–Kier alpha value is -1.07. The summed E-state index contributed by atoms with van der Waals surface area (Å²) in [7, 11) is -2.89. The molecule has 0 aromatic heterocycles. The Balaban J connectivity index is 2.38. The molecule has 5 heteroatoms. The zero-order valence-electron chi connectivity index (χ0n) is 11.6. The van der Waals surface area contributed by atoms with Gasteiger partial charge in [-0.25, -0.2) is 8.42 Å². The molecule has 0 saturated heterocycles. The van der Waals surface area contributed by atoms with Crippen molar-refractivity contribution < 1.29 is 13.2 Å². The predicted octanol–water partition coefficient (Wildman–Crippen LogP) is 2.30. The van der Waals surface area contributed by atoms with Crippen LogP contribution in [0.15, 0.2) is 24.3 Å². The van der Waals surface area contributed by atoms with Gasteiger partial charge < -0.3 is 10.5 Å². The number of rotatable bonds is 8. The minimum Gasteiger partial charge on any atom is -0.494 e. The van der Waals surface area contributed by atoms with E-state index in [1.54, 1.807) is 6.92 Å². The molecule has 0 fully saturated rings. The van der Waals surface area contributed by atoms with Gasteiger partial charge in [-0.15, -0.1) is 0 Å². The van der Waals surface area contributed by atoms with Crippen LogP contribution in [0.1, 0.15) is 38.3 Å². The summed E-state index contributed by atoms with van der Waals surface area (Å²) >= 11 is 0. The highest BCUT2D eigenvalue weighted by Crippen LogP contribution is 2.18. The van der Waals surface area contributed by atoms with Crippen molar-refractivity contribution in [2.45, 2.75) is 32.7 Å². The molecule has 0 heterocycles. The van der Waals surface area contributed by atoms with Gasteiger partial charge in [-0.2, -0.15) is 0 Å². The highest BCUT2D eigenvalue weighted by molar-refractivity contribution is 7.91. The second kappa shape index (κ2) is 7.50. The third-order valence-electron chi connectivity index (χ3n) is 3.06. The van der Waals surface area contributed by atoms with E-state index >= 15 is 0 Å². The van der Waals surface area contributed by atoms with Crippen LogP contribution in [-0.4, -0.2) is 26.5 Å². The van der Waals surface area contributed by atoms with Crippen LogP contribution in [0.25, 0.3) is 0 Å². The first kappa shape index (κ1) is 16.0. The first-order valence-corrected chi connectivity index (χ1v) is 8.49. The summed E-state index contributed by atoms with van der Waals surface area (Å²) in [6, 6.07) is 7.71. The number of nitrogens with two attached hydrogens (primary N) is 1. The lowest BCUT2D eigenvalue weighted by Gasteiger charge is -2.10. The molecule has 108 valence electrons. The molecule has 0 radical (unpaired) electrons. The largest absolute Gasteiger partial charge is 0.494 e. The second-order valence-electron chi connectivity index (χ2n) is 4.52. The molecule has 0 unspecified atom stereocenters. The van der Waals surface area contributed by atoms with Crippen molar-refractivity contribution in [2.75, 3.05) is 18.1 Å². The number of hydrogen-bond acceptors (Lipinski definition) is 4. The Morgan fingerprint density at radius 2 is 1.84 bits per heavy atom. The van der Waals surface area contributed by atoms with Crippen molar-refractivity contribution in [1.29, 1.82) is 0 Å². The number of benzene rings is 1. The lowest BCUT2D eigenvalue weighted by Crippen LogP contribution is -2.12. The van der Waals surface area contributed by atoms with Crippen molar-refractivity contribution in [3.63, 3.8) is 0 Å². The Kier molecular flexibility index (Phi) is 6.31. The normalized spacial score (nSPS) is 13.2. The van der Waals surface area contributed by atoms with Crippen molar-refractivity contribution in [1.82, 2.24) is 0 Å². The standard InChI is InChI=1S/C14H23NO3S/c1-3-14(15)12-6-8-13(9-7-12)18-10-5-11-19(16,17)4-2/h6-9,14H,3-5,10-11,15H2,1-2H3/t14-/m0/s1. The van der Waals surface area contributed by atoms with Crippen LogP contribution in [0.5, 0.6) is 5.75 Å². The molecule has 1 atom stereocenters. The first-order valence-electron chi connectivity index (χ1n) is 6.67. The smallest absolute Gasteiger partial charge is 0.150 e. The molecule has 1 aromatic carbocycles. The fraction of sp³-hybridized carbons (Fsp3) is 0.571. The van der Waals surface area contributed by atoms with E-state index in [4.69, 9.17) is 10.5 Å². The van der Waals surface area contributed by atoms with Gasteiger partial charge in [-0.05, 0) is 30.5 Å². The lowest BCUT2D eigenvalue weighted by atomic mass is 10.1. The lowest BCUT2D eigenvalue weighted by molar-refractivity contribution is 0.317. The molecule has 0 aliphatic carbocycles. The molecule has 0 saturated carbocycles. The molecule has 19 heavy (non-hydrogen) atoms. The summed E-state index contributed by atoms with van der Waals surface area (Å²) in [5.41, 5.74) is 7.01. The van der Waals surface area contributed by atoms with Crippen LogP contribution in [0, 0.1) is 0 Å². The molecular weight excluding hydrogens is 262 g/mol. The molecule has 2 N–H and O–H groups in total. The zero-order valence-corrected chi connectivity index (χ0v) is 12.4. The van der Waals surface area contributed by atoms with Crippen molar-refractivity contribution in [3.05, 3.63) is 29.8 Å². The van der Waals surface area contributed by atoms with E-state index < -0.39 is 9.84 Å². The van der Waals surface area contributed by atoms with E-state index in [-0.39, 0.29) is 17.5 Å². The Morgan fingerprint density at radius 1 is 1.21 bits per heavy atom. The highest BCUT2D eigenvalue weighted by atomic mass is 32.2. The van der Waals surface area contributed by atoms with Gasteiger partial charge in [-0.3, -0.25) is 0 Å². The van der Waals surface area contributed by atoms with E-state index in [0.717, 1.165) is 17.7 Å². The van der Waals surface area contributed by atoms with E-state index in [9.17, 15) is 8.42 Å². The molecule has 4 nitrogen and oxygen atoms in total. The van der Waals surface area contributed by atoms with E-state index in [1.807, 2.05) is 31.2 Å². The first-order chi connectivity index (χ1) is 8.98. The Labute approximate surface area is 115 Å². The van der Waals surface area contributed by atoms with Crippen LogP contribution in [0.2, 0.25) is 0 Å². The topological polar surface area (TPSA) is 69.4 Å². The van der Waals surface area contributed by atoms with Gasteiger partial charge in [0.25, 0.3) is 0 Å². The summed E-state index contributed by atoms with van der Waals surface area (Å²) < 4.78 is 28.1. The van der Waals surface area contributed by atoms with Crippen LogP contribution in [0.3, 0.4) is 0 Å². The van der Waals surface area contributed by atoms with Crippen LogP contribution >= 0.6 is 0 Å². The summed E-state index contributed by atoms with van der Waals surface area (Å²) in [6.45, 7) is 4.12. The summed E-state index contributed by atoms with van der Waals surface area (Å²) in [4.78, 5) is 0. The van der Waals surface area contributed by atoms with Crippen molar-refractivity contribution in [2.24, 2.45) is 5.73 Å². The van der Waals surface area contributed by atoms with Gasteiger partial charge in [0.2, 0.25) is 0 Å². The SMILES string of the molecule is CC[C@H](N)c1ccc(OCCCS(=O)(=O)CC)cc1. The summed E-state index contributed by atoms with van der Waals surface area (Å²) in [6.07, 6.45) is 1.42. The Morgan fingerprint density at radius 3 is 2.37 bits per heavy atom. The summed E-state index contributed by atoms with van der Waals surface area (Å²) in [5, 5.41) is 0. The van der Waals surface area contributed by atoms with Gasteiger partial charge >= 0.3 is 0 Å². The van der Waals surface area contributed by atoms with E-state index in [0.29, 0.717) is 13.0 Å². The zero-order chi connectivity index (χ0) is 14.3. The van der Waals surface area contributed by atoms with Crippen LogP contribution in [0.4, 0.5) is 0 Å². The molecule has 1 rings (SSSR count). The van der Waals surface area contributed by atoms with Crippen LogP contribution in [-0.2, 0) is 9.84 Å². The fourth-order valence-corrected chi connectivity index (χ4v) is 2.51. The molecular formula is C14H23NO3S. The third-order valence-corrected chi connectivity index (χ3v) is 4.85. The predicted molar refractivity (Wildman–Crippen MR) is 78.1 cm³/mol. The monoisotopic (exact) mass is 285 g/mol. The van der Waals surface area contributed by atoms with E-state index in [1.165, 1.54) is 0 Å². The Bertz CT molecular complexity index is 468. The molecule has 0 amide bonds. The maximum atomic E-state index is 11.3. The van der Waals surface area contributed by atoms with E-state index in [2.05, 4.69) is 0 Å². The van der Waals surface area contributed by atoms with Gasteiger partial charge in [0.1, 0.15) is 15.6 Å². The van der Waals surface area contributed by atoms with Crippen molar-refractivity contribution in [3.8, 4) is 5.75 Å². The average molecular weight is 285 g/mol. The fourth-order valence-electron chi connectivity index (χ4n) is 1.66. The van der Waals surface area contributed by atoms with Gasteiger partial charge in [0.05, 0.1) is 12.4 Å². The average Bonchev–Trinajstić information content (AvgIpc) is 2.43.